The molecule has 0 heterocycles. The van der Waals surface area contributed by atoms with Gasteiger partial charge in [-0.25, -0.2) is 4.79 Å². The number of Topliss-reactive ketones (excluding diaryl/α,β-unsaturated/α-hetero) is 2. The number of hydrogen-bond acceptors (Lipinski definition) is 3. The molecule has 0 aromatic heterocycles. The summed E-state index contributed by atoms with van der Waals surface area (Å²) in [5.41, 5.74) is 2.70. The summed E-state index contributed by atoms with van der Waals surface area (Å²) in [6.45, 7) is 1.54. The van der Waals surface area contributed by atoms with Crippen LogP contribution in [0.4, 0.5) is 0 Å². The minimum atomic E-state index is -0.991. The first-order chi connectivity index (χ1) is 14.5. The molecule has 0 radical (unpaired) electrons. The van der Waals surface area contributed by atoms with Crippen molar-refractivity contribution >= 4 is 17.5 Å². The lowest BCUT2D eigenvalue weighted by atomic mass is 9.50. The van der Waals surface area contributed by atoms with Gasteiger partial charge in [-0.1, -0.05) is 72.8 Å². The molecule has 1 N–H and O–H groups in total. The van der Waals surface area contributed by atoms with E-state index >= 15 is 0 Å². The summed E-state index contributed by atoms with van der Waals surface area (Å²) in [6.07, 6.45) is 0. The van der Waals surface area contributed by atoms with E-state index in [4.69, 9.17) is 0 Å². The Morgan fingerprint density at radius 2 is 1.13 bits per heavy atom. The molecule has 0 amide bonds. The third-order valence-corrected chi connectivity index (χ3v) is 6.11. The van der Waals surface area contributed by atoms with Crippen LogP contribution >= 0.6 is 0 Å². The molecule has 1 unspecified atom stereocenters. The topological polar surface area (TPSA) is 71.4 Å². The van der Waals surface area contributed by atoms with E-state index in [1.54, 1.807) is 36.4 Å². The fraction of sp³-hybridized carbons (Fsp3) is 0.192. The Hall–Kier alpha value is -3.53. The number of carbonyl (C=O) groups is 3. The molecule has 3 aromatic rings. The molecule has 0 spiro atoms. The van der Waals surface area contributed by atoms with Crippen molar-refractivity contribution in [2.75, 3.05) is 0 Å². The van der Waals surface area contributed by atoms with Crippen LogP contribution in [0.2, 0.25) is 0 Å². The lowest BCUT2D eigenvalue weighted by molar-refractivity contribution is -0.127. The molecule has 4 atom stereocenters. The van der Waals surface area contributed by atoms with Crippen molar-refractivity contribution in [3.8, 4) is 0 Å². The van der Waals surface area contributed by atoms with Gasteiger partial charge in [-0.3, -0.25) is 9.59 Å². The van der Waals surface area contributed by atoms with Gasteiger partial charge in [0.2, 0.25) is 0 Å². The third-order valence-electron chi connectivity index (χ3n) is 6.11. The SMILES string of the molecule is CC(=O)[C@H]1C(C(=O)c2ccccc2)[C@@H](c2ccccc2)[C@@H]1c1ccc(C(=O)O)cc1. The van der Waals surface area contributed by atoms with Crippen LogP contribution in [-0.4, -0.2) is 22.6 Å². The smallest absolute Gasteiger partial charge is 0.335 e. The van der Waals surface area contributed by atoms with Crippen LogP contribution in [0.25, 0.3) is 0 Å². The highest BCUT2D eigenvalue weighted by Gasteiger charge is 2.56. The highest BCUT2D eigenvalue weighted by atomic mass is 16.4. The van der Waals surface area contributed by atoms with Crippen molar-refractivity contribution in [1.29, 1.82) is 0 Å². The second-order valence-electron chi connectivity index (χ2n) is 7.78. The van der Waals surface area contributed by atoms with Gasteiger partial charge in [0.05, 0.1) is 5.56 Å². The number of benzene rings is 3. The molecule has 1 fully saturated rings. The Bertz CT molecular complexity index is 1070. The van der Waals surface area contributed by atoms with Crippen molar-refractivity contribution in [2.45, 2.75) is 18.8 Å². The van der Waals surface area contributed by atoms with Gasteiger partial charge in [0.25, 0.3) is 0 Å². The van der Waals surface area contributed by atoms with Crippen molar-refractivity contribution in [1.82, 2.24) is 0 Å². The number of rotatable bonds is 6. The second-order valence-corrected chi connectivity index (χ2v) is 7.78. The van der Waals surface area contributed by atoms with Crippen molar-refractivity contribution in [3.63, 3.8) is 0 Å². The van der Waals surface area contributed by atoms with E-state index in [2.05, 4.69) is 0 Å². The quantitative estimate of drug-likeness (QED) is 0.595. The van der Waals surface area contributed by atoms with E-state index in [1.807, 2.05) is 48.5 Å². The lowest BCUT2D eigenvalue weighted by Gasteiger charge is -2.51. The minimum Gasteiger partial charge on any atom is -0.478 e. The van der Waals surface area contributed by atoms with Gasteiger partial charge in [0.1, 0.15) is 5.78 Å². The maximum atomic E-state index is 13.4. The normalized spacial score (nSPS) is 22.7. The summed E-state index contributed by atoms with van der Waals surface area (Å²) < 4.78 is 0. The number of hydrogen-bond donors (Lipinski definition) is 1. The Kier molecular flexibility index (Phi) is 5.32. The van der Waals surface area contributed by atoms with Crippen LogP contribution in [0.1, 0.15) is 50.6 Å². The highest BCUT2D eigenvalue weighted by molar-refractivity contribution is 6.03. The van der Waals surface area contributed by atoms with Gasteiger partial charge < -0.3 is 5.11 Å². The highest BCUT2D eigenvalue weighted by Crippen LogP contribution is 2.59. The minimum absolute atomic E-state index is 0.0243. The Balaban J connectivity index is 1.79. The molecule has 0 saturated heterocycles. The van der Waals surface area contributed by atoms with E-state index in [9.17, 15) is 19.5 Å². The van der Waals surface area contributed by atoms with Gasteiger partial charge in [-0.15, -0.1) is 0 Å². The van der Waals surface area contributed by atoms with Crippen molar-refractivity contribution in [2.24, 2.45) is 11.8 Å². The number of aromatic carboxylic acids is 1. The van der Waals surface area contributed by atoms with Crippen LogP contribution < -0.4 is 0 Å². The summed E-state index contributed by atoms with van der Waals surface area (Å²) in [5.74, 6) is -2.26. The van der Waals surface area contributed by atoms with E-state index in [0.717, 1.165) is 11.1 Å². The molecular weight excluding hydrogens is 376 g/mol. The van der Waals surface area contributed by atoms with E-state index in [1.165, 1.54) is 6.92 Å². The molecule has 4 nitrogen and oxygen atoms in total. The third kappa shape index (κ3) is 3.45. The van der Waals surface area contributed by atoms with Gasteiger partial charge in [-0.05, 0) is 30.2 Å². The predicted octanol–water partition coefficient (Wildman–Crippen LogP) is 4.97. The fourth-order valence-corrected chi connectivity index (χ4v) is 4.73. The molecule has 0 bridgehead atoms. The number of carboxylic acids is 1. The van der Waals surface area contributed by atoms with E-state index in [0.29, 0.717) is 5.56 Å². The fourth-order valence-electron chi connectivity index (χ4n) is 4.73. The summed E-state index contributed by atoms with van der Waals surface area (Å²) in [5, 5.41) is 9.20. The Morgan fingerprint density at radius 3 is 1.67 bits per heavy atom. The Morgan fingerprint density at radius 1 is 0.633 bits per heavy atom. The van der Waals surface area contributed by atoms with Gasteiger partial charge in [0, 0.05) is 29.2 Å². The molecule has 1 saturated carbocycles. The van der Waals surface area contributed by atoms with Gasteiger partial charge in [-0.2, -0.15) is 0 Å². The average molecular weight is 398 g/mol. The first-order valence-electron chi connectivity index (χ1n) is 9.97. The summed E-state index contributed by atoms with van der Waals surface area (Å²) in [4.78, 5) is 37.3. The lowest BCUT2D eigenvalue weighted by Crippen LogP contribution is -2.50. The molecule has 1 aliphatic rings. The molecule has 1 aliphatic carbocycles. The standard InChI is InChI=1S/C26H22O4/c1-16(27)21-22(18-12-14-20(15-13-18)26(29)30)23(17-8-4-2-5-9-17)24(21)25(28)19-10-6-3-7-11-19/h2-15,21-24H,1H3,(H,29,30)/t21-,22-,23+,24?/m1/s1. The zero-order valence-electron chi connectivity index (χ0n) is 16.6. The molecular formula is C26H22O4. The van der Waals surface area contributed by atoms with Crippen LogP contribution in [0.3, 0.4) is 0 Å². The van der Waals surface area contributed by atoms with Gasteiger partial charge in [0.15, 0.2) is 5.78 Å². The van der Waals surface area contributed by atoms with Crippen molar-refractivity contribution in [3.05, 3.63) is 107 Å². The van der Waals surface area contributed by atoms with Crippen molar-refractivity contribution < 1.29 is 19.5 Å². The first kappa shape index (κ1) is 19.8. The van der Waals surface area contributed by atoms with Crippen LogP contribution in [0, 0.1) is 11.8 Å². The van der Waals surface area contributed by atoms with Gasteiger partial charge >= 0.3 is 5.97 Å². The molecule has 4 heteroatoms. The number of carbonyl (C=O) groups excluding carboxylic acids is 2. The molecule has 30 heavy (non-hydrogen) atoms. The monoisotopic (exact) mass is 398 g/mol. The molecule has 150 valence electrons. The largest absolute Gasteiger partial charge is 0.478 e. The Labute approximate surface area is 175 Å². The zero-order chi connectivity index (χ0) is 21.3. The van der Waals surface area contributed by atoms with Crippen LogP contribution in [0.15, 0.2) is 84.9 Å². The predicted molar refractivity (Wildman–Crippen MR) is 114 cm³/mol. The maximum Gasteiger partial charge on any atom is 0.335 e. The average Bonchev–Trinajstić information content (AvgIpc) is 2.74. The maximum absolute atomic E-state index is 13.4. The summed E-state index contributed by atoms with van der Waals surface area (Å²) in [6, 6.07) is 25.5. The van der Waals surface area contributed by atoms with Crippen LogP contribution in [-0.2, 0) is 4.79 Å². The summed E-state index contributed by atoms with van der Waals surface area (Å²) in [7, 11) is 0. The zero-order valence-corrected chi connectivity index (χ0v) is 16.6. The molecule has 0 aliphatic heterocycles. The van der Waals surface area contributed by atoms with E-state index < -0.39 is 17.8 Å². The van der Waals surface area contributed by atoms with E-state index in [-0.39, 0.29) is 29.0 Å². The van der Waals surface area contributed by atoms with Crippen LogP contribution in [0.5, 0.6) is 0 Å². The first-order valence-corrected chi connectivity index (χ1v) is 9.97. The molecule has 4 rings (SSSR count). The second kappa shape index (κ2) is 8.07. The summed E-state index contributed by atoms with van der Waals surface area (Å²) >= 11 is 0. The number of carboxylic acid groups (broad SMARTS) is 1. The molecule has 3 aromatic carbocycles. The number of ketones is 2.